The van der Waals surface area contributed by atoms with Crippen LogP contribution in [0.4, 0.5) is 0 Å². The molecule has 0 N–H and O–H groups in total. The maximum atomic E-state index is 11.7. The highest BCUT2D eigenvalue weighted by Gasteiger charge is 2.22. The number of nitrogens with zero attached hydrogens (tertiary/aromatic N) is 3. The Bertz CT molecular complexity index is 359. The Morgan fingerprint density at radius 3 is 2.45 bits per heavy atom. The molecular weight excluding hydrogens is 326 g/mol. The molecule has 0 bridgehead atoms. The second kappa shape index (κ2) is 9.88. The van der Waals surface area contributed by atoms with Crippen LogP contribution in [-0.2, 0) is 16.0 Å². The van der Waals surface area contributed by atoms with E-state index in [0.717, 1.165) is 30.7 Å². The Kier molecular flexibility index (Phi) is 9.41. The fourth-order valence-electron chi connectivity index (χ4n) is 2.10. The molecule has 1 rings (SSSR count). The summed E-state index contributed by atoms with van der Waals surface area (Å²) in [6.45, 7) is 10.7. The van der Waals surface area contributed by atoms with Gasteiger partial charge in [-0.3, -0.25) is 4.79 Å². The zero-order valence-electron chi connectivity index (χ0n) is 12.5. The van der Waals surface area contributed by atoms with Gasteiger partial charge in [-0.1, -0.05) is 5.16 Å². The van der Waals surface area contributed by atoms with Crippen molar-refractivity contribution < 1.29 is 35.5 Å². The summed E-state index contributed by atoms with van der Waals surface area (Å²) < 4.78 is 11.0. The molecule has 1 heterocycles. The third kappa shape index (κ3) is 6.00. The number of quaternary nitrogens is 1. The fraction of sp³-hybridized carbons (Fsp3) is 0.769. The first kappa shape index (κ1) is 19.1. The SMILES string of the molecule is CC[N+](CC)(CC)CCC(=O)OCCc1ncno1.[Br-]. The number of halogens is 1. The van der Waals surface area contributed by atoms with Gasteiger partial charge in [0.2, 0.25) is 5.89 Å². The molecule has 0 atom stereocenters. The summed E-state index contributed by atoms with van der Waals surface area (Å²) in [4.78, 5) is 15.5. The van der Waals surface area contributed by atoms with E-state index in [4.69, 9.17) is 9.26 Å². The van der Waals surface area contributed by atoms with Gasteiger partial charge in [-0.2, -0.15) is 4.98 Å². The molecule has 116 valence electrons. The first-order valence-electron chi connectivity index (χ1n) is 6.92. The number of carbonyl (C=O) groups is 1. The number of rotatable bonds is 9. The lowest BCUT2D eigenvalue weighted by atomic mass is 10.3. The van der Waals surface area contributed by atoms with Gasteiger partial charge < -0.3 is 30.7 Å². The minimum absolute atomic E-state index is 0. The van der Waals surface area contributed by atoms with Gasteiger partial charge in [-0.25, -0.2) is 0 Å². The van der Waals surface area contributed by atoms with Crippen molar-refractivity contribution in [3.8, 4) is 0 Å². The van der Waals surface area contributed by atoms with Gasteiger partial charge in [0.25, 0.3) is 0 Å². The van der Waals surface area contributed by atoms with Gasteiger partial charge in [0.1, 0.15) is 6.61 Å². The molecule has 0 radical (unpaired) electrons. The van der Waals surface area contributed by atoms with Crippen LogP contribution < -0.4 is 17.0 Å². The lowest BCUT2D eigenvalue weighted by Crippen LogP contribution is -3.00. The minimum Gasteiger partial charge on any atom is -1.00 e. The van der Waals surface area contributed by atoms with E-state index in [1.807, 2.05) is 0 Å². The van der Waals surface area contributed by atoms with Crippen LogP contribution in [0, 0.1) is 0 Å². The molecule has 0 amide bonds. The smallest absolute Gasteiger partial charge is 0.311 e. The predicted octanol–water partition coefficient (Wildman–Crippen LogP) is -1.57. The van der Waals surface area contributed by atoms with E-state index in [2.05, 4.69) is 30.9 Å². The summed E-state index contributed by atoms with van der Waals surface area (Å²) in [5.74, 6) is 0.339. The molecule has 0 aromatic carbocycles. The second-order valence-electron chi connectivity index (χ2n) is 4.57. The zero-order chi connectivity index (χ0) is 14.1. The number of carbonyl (C=O) groups excluding carboxylic acids is 1. The van der Waals surface area contributed by atoms with E-state index < -0.39 is 0 Å². The third-order valence-corrected chi connectivity index (χ3v) is 3.79. The number of hydrogen-bond acceptors (Lipinski definition) is 5. The van der Waals surface area contributed by atoms with Crippen LogP contribution in [0.5, 0.6) is 0 Å². The molecule has 6 nitrogen and oxygen atoms in total. The molecule has 0 saturated carbocycles. The maximum absolute atomic E-state index is 11.7. The summed E-state index contributed by atoms with van der Waals surface area (Å²) in [7, 11) is 0. The zero-order valence-corrected chi connectivity index (χ0v) is 14.1. The molecule has 0 unspecified atom stereocenters. The van der Waals surface area contributed by atoms with E-state index in [1.165, 1.54) is 6.33 Å². The lowest BCUT2D eigenvalue weighted by molar-refractivity contribution is -0.922. The van der Waals surface area contributed by atoms with Crippen molar-refractivity contribution in [2.24, 2.45) is 0 Å². The predicted molar refractivity (Wildman–Crippen MR) is 70.3 cm³/mol. The van der Waals surface area contributed by atoms with Crippen LogP contribution in [-0.4, -0.2) is 53.4 Å². The van der Waals surface area contributed by atoms with Crippen molar-refractivity contribution in [2.75, 3.05) is 32.8 Å². The van der Waals surface area contributed by atoms with E-state index in [-0.39, 0.29) is 23.0 Å². The van der Waals surface area contributed by atoms with Gasteiger partial charge in [0, 0.05) is 0 Å². The largest absolute Gasteiger partial charge is 1.00 e. The molecule has 1 aromatic heterocycles. The van der Waals surface area contributed by atoms with Crippen LogP contribution >= 0.6 is 0 Å². The molecule has 0 saturated heterocycles. The molecule has 0 spiro atoms. The first-order chi connectivity index (χ1) is 9.15. The van der Waals surface area contributed by atoms with Crippen LogP contribution in [0.2, 0.25) is 0 Å². The lowest BCUT2D eigenvalue weighted by Gasteiger charge is -2.35. The molecule has 0 aliphatic rings. The molecule has 20 heavy (non-hydrogen) atoms. The molecule has 7 heteroatoms. The summed E-state index contributed by atoms with van der Waals surface area (Å²) in [6.07, 6.45) is 2.27. The Balaban J connectivity index is 0.00000361. The highest BCUT2D eigenvalue weighted by Crippen LogP contribution is 2.07. The summed E-state index contributed by atoms with van der Waals surface area (Å²) >= 11 is 0. The third-order valence-electron chi connectivity index (χ3n) is 3.79. The Hall–Kier alpha value is -0.950. The molecule has 0 aliphatic heterocycles. The number of hydrogen-bond donors (Lipinski definition) is 0. The van der Waals surface area contributed by atoms with Gasteiger partial charge in [-0.05, 0) is 20.8 Å². The second-order valence-corrected chi connectivity index (χ2v) is 4.57. The highest BCUT2D eigenvalue weighted by atomic mass is 79.9. The van der Waals surface area contributed by atoms with Gasteiger partial charge in [0.05, 0.1) is 39.0 Å². The normalized spacial score (nSPS) is 10.9. The molecule has 0 aliphatic carbocycles. The molecule has 0 fully saturated rings. The summed E-state index contributed by atoms with van der Waals surface area (Å²) in [6, 6.07) is 0. The maximum Gasteiger partial charge on any atom is 0.311 e. The van der Waals surface area contributed by atoms with Crippen LogP contribution in [0.25, 0.3) is 0 Å². The van der Waals surface area contributed by atoms with E-state index in [9.17, 15) is 4.79 Å². The van der Waals surface area contributed by atoms with Crippen molar-refractivity contribution in [1.29, 1.82) is 0 Å². The van der Waals surface area contributed by atoms with Gasteiger partial charge in [0.15, 0.2) is 6.33 Å². The van der Waals surface area contributed by atoms with Gasteiger partial charge in [-0.15, -0.1) is 0 Å². The van der Waals surface area contributed by atoms with E-state index in [0.29, 0.717) is 25.3 Å². The quantitative estimate of drug-likeness (QED) is 0.398. The van der Waals surface area contributed by atoms with Crippen molar-refractivity contribution in [2.45, 2.75) is 33.6 Å². The standard InChI is InChI=1S/C13H24N3O3.BrH/c1-4-16(5-2,6-3)9-7-13(17)18-10-8-12-14-11-15-19-12;/h11H,4-10H2,1-3H3;1H/q+1;/p-1. The average molecular weight is 350 g/mol. The number of esters is 1. The van der Waals surface area contributed by atoms with Crippen molar-refractivity contribution in [3.63, 3.8) is 0 Å². The van der Waals surface area contributed by atoms with E-state index >= 15 is 0 Å². The van der Waals surface area contributed by atoms with Crippen molar-refractivity contribution in [1.82, 2.24) is 10.1 Å². The molecular formula is C13H24BrN3O3. The summed E-state index contributed by atoms with van der Waals surface area (Å²) in [5, 5.41) is 3.49. The summed E-state index contributed by atoms with van der Waals surface area (Å²) in [5.41, 5.74) is 0. The van der Waals surface area contributed by atoms with Gasteiger partial charge >= 0.3 is 5.97 Å². The highest BCUT2D eigenvalue weighted by molar-refractivity contribution is 5.69. The van der Waals surface area contributed by atoms with Crippen LogP contribution in [0.1, 0.15) is 33.1 Å². The Labute approximate surface area is 130 Å². The number of aromatic nitrogens is 2. The Morgan fingerprint density at radius 2 is 1.95 bits per heavy atom. The number of ether oxygens (including phenoxy) is 1. The van der Waals surface area contributed by atoms with Crippen LogP contribution in [0.3, 0.4) is 0 Å². The fourth-order valence-corrected chi connectivity index (χ4v) is 2.10. The first-order valence-corrected chi connectivity index (χ1v) is 6.92. The van der Waals surface area contributed by atoms with Crippen molar-refractivity contribution >= 4 is 5.97 Å². The Morgan fingerprint density at radius 1 is 1.30 bits per heavy atom. The van der Waals surface area contributed by atoms with Crippen LogP contribution in [0.15, 0.2) is 10.9 Å². The average Bonchev–Trinajstić information content (AvgIpc) is 2.94. The van der Waals surface area contributed by atoms with E-state index in [1.54, 1.807) is 0 Å². The van der Waals surface area contributed by atoms with Crippen molar-refractivity contribution in [3.05, 3.63) is 12.2 Å². The minimum atomic E-state index is -0.155. The molecule has 1 aromatic rings. The topological polar surface area (TPSA) is 65.2 Å². The monoisotopic (exact) mass is 349 g/mol.